The Labute approximate surface area is 280 Å². The third kappa shape index (κ3) is 4.21. The molecular formula is C44H27NS2. The molecule has 3 heteroatoms. The van der Waals surface area contributed by atoms with Crippen LogP contribution in [0, 0.1) is 0 Å². The summed E-state index contributed by atoms with van der Waals surface area (Å²) in [7, 11) is 0. The van der Waals surface area contributed by atoms with Crippen molar-refractivity contribution in [2.75, 3.05) is 4.90 Å². The van der Waals surface area contributed by atoms with Crippen molar-refractivity contribution in [3.05, 3.63) is 164 Å². The van der Waals surface area contributed by atoms with Crippen LogP contribution in [0.3, 0.4) is 0 Å². The van der Waals surface area contributed by atoms with Crippen molar-refractivity contribution < 1.29 is 0 Å². The minimum Gasteiger partial charge on any atom is -0.309 e. The zero-order valence-electron chi connectivity index (χ0n) is 25.4. The van der Waals surface area contributed by atoms with Gasteiger partial charge in [-0.2, -0.15) is 0 Å². The molecule has 10 rings (SSSR count). The predicted octanol–water partition coefficient (Wildman–Crippen LogP) is 13.9. The molecule has 0 bridgehead atoms. The third-order valence-corrected chi connectivity index (χ3v) is 11.7. The van der Waals surface area contributed by atoms with Gasteiger partial charge in [-0.05, 0) is 70.4 Å². The number of thiophene rings is 2. The molecule has 0 unspecified atom stereocenters. The summed E-state index contributed by atoms with van der Waals surface area (Å²) in [6, 6.07) is 60.3. The van der Waals surface area contributed by atoms with Gasteiger partial charge < -0.3 is 4.90 Å². The average Bonchev–Trinajstić information content (AvgIpc) is 3.69. The lowest BCUT2D eigenvalue weighted by Gasteiger charge is -2.29. The van der Waals surface area contributed by atoms with Gasteiger partial charge in [0.05, 0.1) is 11.4 Å². The second-order valence-corrected chi connectivity index (χ2v) is 14.3. The van der Waals surface area contributed by atoms with E-state index < -0.39 is 0 Å². The Balaban J connectivity index is 1.22. The number of nitrogens with zero attached hydrogens (tertiary/aromatic N) is 1. The molecule has 8 aromatic carbocycles. The van der Waals surface area contributed by atoms with Crippen LogP contribution in [0.15, 0.2) is 164 Å². The number of hydrogen-bond donors (Lipinski definition) is 0. The first-order chi connectivity index (χ1) is 23.3. The molecule has 0 amide bonds. The van der Waals surface area contributed by atoms with Crippen LogP contribution >= 0.6 is 22.7 Å². The van der Waals surface area contributed by atoms with E-state index in [-0.39, 0.29) is 0 Å². The van der Waals surface area contributed by atoms with Gasteiger partial charge in [0, 0.05) is 56.8 Å². The summed E-state index contributed by atoms with van der Waals surface area (Å²) in [6.45, 7) is 0. The molecule has 0 aliphatic heterocycles. The number of anilines is 3. The van der Waals surface area contributed by atoms with E-state index in [1.54, 1.807) is 0 Å². The number of benzene rings is 8. The fraction of sp³-hybridized carbons (Fsp3) is 0. The van der Waals surface area contributed by atoms with Gasteiger partial charge in [-0.25, -0.2) is 0 Å². The SMILES string of the molecule is c1ccc2c(N(c3ccc4c(c3)sc3ccccc34)c3ccc(-c4ccc5sc6ccccc6c5c4)c4ccccc34)cccc2c1. The van der Waals surface area contributed by atoms with E-state index in [1.807, 2.05) is 22.7 Å². The minimum absolute atomic E-state index is 1.16. The van der Waals surface area contributed by atoms with Gasteiger partial charge in [0.2, 0.25) is 0 Å². The molecular weight excluding hydrogens is 607 g/mol. The lowest BCUT2D eigenvalue weighted by atomic mass is 9.95. The minimum atomic E-state index is 1.16. The molecule has 220 valence electrons. The molecule has 10 aromatic rings. The molecule has 0 spiro atoms. The van der Waals surface area contributed by atoms with Crippen molar-refractivity contribution in [2.45, 2.75) is 0 Å². The van der Waals surface area contributed by atoms with E-state index in [9.17, 15) is 0 Å². The molecule has 0 atom stereocenters. The van der Waals surface area contributed by atoms with Crippen LogP contribution in [0.4, 0.5) is 17.1 Å². The van der Waals surface area contributed by atoms with Crippen molar-refractivity contribution in [1.29, 1.82) is 0 Å². The number of rotatable bonds is 4. The van der Waals surface area contributed by atoms with Crippen LogP contribution in [0.5, 0.6) is 0 Å². The van der Waals surface area contributed by atoms with Crippen LogP contribution in [0.25, 0.3) is 73.0 Å². The molecule has 0 aliphatic carbocycles. The molecule has 0 radical (unpaired) electrons. The highest BCUT2D eigenvalue weighted by Crippen LogP contribution is 2.46. The maximum atomic E-state index is 2.47. The van der Waals surface area contributed by atoms with Gasteiger partial charge in [-0.15, -0.1) is 22.7 Å². The zero-order chi connectivity index (χ0) is 30.9. The van der Waals surface area contributed by atoms with E-state index in [0.29, 0.717) is 0 Å². The molecule has 0 aliphatic rings. The van der Waals surface area contributed by atoms with Crippen LogP contribution in [0.1, 0.15) is 0 Å². The second kappa shape index (κ2) is 10.5. The molecule has 2 heterocycles. The topological polar surface area (TPSA) is 3.24 Å². The zero-order valence-corrected chi connectivity index (χ0v) is 27.0. The van der Waals surface area contributed by atoms with E-state index in [0.717, 1.165) is 5.69 Å². The first-order valence-corrected chi connectivity index (χ1v) is 17.6. The standard InChI is InChI=1S/C44H27NS2/c1-2-12-32-28(10-1)11-9-17-39(32)45(30-21-22-37-35-15-5-7-18-41(35)47-44(37)27-30)40-24-23-31(33-13-3-4-14-34(33)40)29-20-25-43-38(26-29)36-16-6-8-19-42(36)46-43/h1-27H. The Morgan fingerprint density at radius 2 is 0.936 bits per heavy atom. The maximum Gasteiger partial charge on any atom is 0.0540 e. The molecule has 0 saturated heterocycles. The first kappa shape index (κ1) is 26.7. The van der Waals surface area contributed by atoms with Gasteiger partial charge in [0.1, 0.15) is 0 Å². The van der Waals surface area contributed by atoms with Crippen molar-refractivity contribution in [2.24, 2.45) is 0 Å². The van der Waals surface area contributed by atoms with E-state index >= 15 is 0 Å². The summed E-state index contributed by atoms with van der Waals surface area (Å²) in [5, 5.41) is 10.2. The van der Waals surface area contributed by atoms with Crippen molar-refractivity contribution >= 4 is 102 Å². The van der Waals surface area contributed by atoms with Crippen LogP contribution < -0.4 is 4.90 Å². The van der Waals surface area contributed by atoms with Gasteiger partial charge >= 0.3 is 0 Å². The fourth-order valence-corrected chi connectivity index (χ4v) is 9.51. The van der Waals surface area contributed by atoms with E-state index in [4.69, 9.17) is 0 Å². The summed E-state index contributed by atoms with van der Waals surface area (Å²) in [5.74, 6) is 0. The fourth-order valence-electron chi connectivity index (χ4n) is 7.29. The lowest BCUT2D eigenvalue weighted by molar-refractivity contribution is 1.32. The average molecular weight is 634 g/mol. The molecule has 0 saturated carbocycles. The quantitative estimate of drug-likeness (QED) is 0.186. The van der Waals surface area contributed by atoms with Gasteiger partial charge in [0.15, 0.2) is 0 Å². The smallest absolute Gasteiger partial charge is 0.0540 e. The highest BCUT2D eigenvalue weighted by Gasteiger charge is 2.20. The summed E-state index contributed by atoms with van der Waals surface area (Å²) in [5.41, 5.74) is 5.99. The third-order valence-electron chi connectivity index (χ3n) is 9.46. The molecule has 47 heavy (non-hydrogen) atoms. The normalized spacial score (nSPS) is 11.8. The van der Waals surface area contributed by atoms with Gasteiger partial charge in [-0.1, -0.05) is 115 Å². The van der Waals surface area contributed by atoms with Gasteiger partial charge in [-0.3, -0.25) is 0 Å². The van der Waals surface area contributed by atoms with Crippen LogP contribution in [-0.2, 0) is 0 Å². The highest BCUT2D eigenvalue weighted by atomic mass is 32.1. The van der Waals surface area contributed by atoms with Crippen LogP contribution in [-0.4, -0.2) is 0 Å². The Morgan fingerprint density at radius 1 is 0.340 bits per heavy atom. The summed E-state index contributed by atoms with van der Waals surface area (Å²) < 4.78 is 5.28. The predicted molar refractivity (Wildman–Crippen MR) is 207 cm³/mol. The Hall–Kier alpha value is -5.48. The Kier molecular flexibility index (Phi) is 5.98. The van der Waals surface area contributed by atoms with E-state index in [2.05, 4.69) is 169 Å². The Morgan fingerprint density at radius 3 is 1.77 bits per heavy atom. The lowest BCUT2D eigenvalue weighted by Crippen LogP contribution is -2.11. The Bertz CT molecular complexity index is 2820. The molecule has 0 N–H and O–H groups in total. The molecule has 1 nitrogen and oxygen atoms in total. The summed E-state index contributed by atoms with van der Waals surface area (Å²) >= 11 is 3.73. The number of hydrogen-bond acceptors (Lipinski definition) is 3. The monoisotopic (exact) mass is 633 g/mol. The van der Waals surface area contributed by atoms with Crippen molar-refractivity contribution in [3.8, 4) is 11.1 Å². The maximum absolute atomic E-state index is 2.47. The first-order valence-electron chi connectivity index (χ1n) is 15.9. The largest absolute Gasteiger partial charge is 0.309 e. The second-order valence-electron chi connectivity index (χ2n) is 12.1. The summed E-state index contributed by atoms with van der Waals surface area (Å²) in [6.07, 6.45) is 0. The van der Waals surface area contributed by atoms with E-state index in [1.165, 1.54) is 84.4 Å². The highest BCUT2D eigenvalue weighted by molar-refractivity contribution is 7.26. The van der Waals surface area contributed by atoms with Crippen LogP contribution in [0.2, 0.25) is 0 Å². The van der Waals surface area contributed by atoms with Crippen molar-refractivity contribution in [3.63, 3.8) is 0 Å². The molecule has 0 fully saturated rings. The summed E-state index contributed by atoms with van der Waals surface area (Å²) in [4.78, 5) is 2.47. The van der Waals surface area contributed by atoms with Crippen molar-refractivity contribution in [1.82, 2.24) is 0 Å². The molecule has 2 aromatic heterocycles. The van der Waals surface area contributed by atoms with Gasteiger partial charge in [0.25, 0.3) is 0 Å². The number of fused-ring (bicyclic) bond motifs is 8.